The molecule has 3 rings (SSSR count). The van der Waals surface area contributed by atoms with Crippen LogP contribution < -0.4 is 10.1 Å². The van der Waals surface area contributed by atoms with Gasteiger partial charge in [-0.1, -0.05) is 11.3 Å². The van der Waals surface area contributed by atoms with E-state index in [9.17, 15) is 9.18 Å². The standard InChI is InChI=1S/C17H21FN4O2S/c1-10-6-13(4-5-19-10)24-14-7-11(2)22(8-14)9-15-16(18)21-17(25-15)20-12(3)23/h4-6,11,14H,7-9H2,1-3H3,(H,20,21,23)/t11-,14+/m0/s1. The molecule has 2 atom stereocenters. The number of aromatic nitrogens is 2. The summed E-state index contributed by atoms with van der Waals surface area (Å²) in [4.78, 5) is 21.7. The molecule has 3 heterocycles. The van der Waals surface area contributed by atoms with Crippen molar-refractivity contribution in [2.45, 2.75) is 45.9 Å². The van der Waals surface area contributed by atoms with Gasteiger partial charge in [0.2, 0.25) is 11.9 Å². The second kappa shape index (κ2) is 7.45. The molecule has 0 bridgehead atoms. The van der Waals surface area contributed by atoms with E-state index in [1.807, 2.05) is 19.1 Å². The Bertz CT molecular complexity index is 767. The smallest absolute Gasteiger partial charge is 0.230 e. The molecule has 8 heteroatoms. The number of amides is 1. The normalized spacial score (nSPS) is 20.6. The number of hydrogen-bond acceptors (Lipinski definition) is 6. The molecule has 0 spiro atoms. The number of hydrogen-bond donors (Lipinski definition) is 1. The van der Waals surface area contributed by atoms with Crippen molar-refractivity contribution in [2.75, 3.05) is 11.9 Å². The Hall–Kier alpha value is -2.06. The first-order valence-corrected chi connectivity index (χ1v) is 8.98. The van der Waals surface area contributed by atoms with Crippen LogP contribution in [0.3, 0.4) is 0 Å². The number of ether oxygens (including phenoxy) is 1. The minimum Gasteiger partial charge on any atom is -0.489 e. The topological polar surface area (TPSA) is 67.4 Å². The van der Waals surface area contributed by atoms with Gasteiger partial charge >= 0.3 is 0 Å². The van der Waals surface area contributed by atoms with E-state index in [1.165, 1.54) is 18.3 Å². The molecule has 25 heavy (non-hydrogen) atoms. The predicted molar refractivity (Wildman–Crippen MR) is 94.3 cm³/mol. The number of likely N-dealkylation sites (tertiary alicyclic amines) is 1. The van der Waals surface area contributed by atoms with Gasteiger partial charge in [-0.2, -0.15) is 9.37 Å². The van der Waals surface area contributed by atoms with Crippen LogP contribution in [-0.2, 0) is 11.3 Å². The summed E-state index contributed by atoms with van der Waals surface area (Å²) in [5.41, 5.74) is 0.914. The molecule has 1 aliphatic rings. The molecule has 1 N–H and O–H groups in total. The van der Waals surface area contributed by atoms with Crippen molar-refractivity contribution < 1.29 is 13.9 Å². The van der Waals surface area contributed by atoms with Crippen LogP contribution >= 0.6 is 11.3 Å². The fourth-order valence-corrected chi connectivity index (χ4v) is 3.87. The highest BCUT2D eigenvalue weighted by atomic mass is 32.1. The van der Waals surface area contributed by atoms with E-state index in [0.29, 0.717) is 16.6 Å². The molecule has 6 nitrogen and oxygen atoms in total. The Morgan fingerprint density at radius 3 is 3.08 bits per heavy atom. The van der Waals surface area contributed by atoms with E-state index >= 15 is 0 Å². The van der Waals surface area contributed by atoms with Crippen molar-refractivity contribution >= 4 is 22.4 Å². The summed E-state index contributed by atoms with van der Waals surface area (Å²) in [6, 6.07) is 4.04. The molecular weight excluding hydrogens is 343 g/mol. The van der Waals surface area contributed by atoms with E-state index < -0.39 is 5.95 Å². The highest BCUT2D eigenvalue weighted by Gasteiger charge is 2.31. The van der Waals surface area contributed by atoms with Gasteiger partial charge in [-0.15, -0.1) is 0 Å². The maximum Gasteiger partial charge on any atom is 0.230 e. The molecule has 0 unspecified atom stereocenters. The van der Waals surface area contributed by atoms with Crippen molar-refractivity contribution in [1.29, 1.82) is 0 Å². The largest absolute Gasteiger partial charge is 0.489 e. The molecule has 0 aromatic carbocycles. The monoisotopic (exact) mass is 364 g/mol. The van der Waals surface area contributed by atoms with Crippen LogP contribution in [0.15, 0.2) is 18.3 Å². The van der Waals surface area contributed by atoms with Crippen molar-refractivity contribution in [3.05, 3.63) is 34.8 Å². The van der Waals surface area contributed by atoms with Crippen LogP contribution in [0.5, 0.6) is 5.75 Å². The Balaban J connectivity index is 1.62. The van der Waals surface area contributed by atoms with E-state index in [0.717, 1.165) is 24.4 Å². The van der Waals surface area contributed by atoms with Crippen LogP contribution in [0.1, 0.15) is 30.8 Å². The maximum atomic E-state index is 14.0. The van der Waals surface area contributed by atoms with Gasteiger partial charge in [-0.25, -0.2) is 0 Å². The number of nitrogens with one attached hydrogen (secondary N) is 1. The molecule has 1 saturated heterocycles. The Morgan fingerprint density at radius 1 is 1.56 bits per heavy atom. The summed E-state index contributed by atoms with van der Waals surface area (Å²) in [5, 5.41) is 2.83. The molecular formula is C17H21FN4O2S. The number of halogens is 1. The fraction of sp³-hybridized carbons (Fsp3) is 0.471. The van der Waals surface area contributed by atoms with Crippen molar-refractivity contribution in [2.24, 2.45) is 0 Å². The zero-order valence-corrected chi connectivity index (χ0v) is 15.3. The summed E-state index contributed by atoms with van der Waals surface area (Å²) in [6.07, 6.45) is 2.67. The summed E-state index contributed by atoms with van der Waals surface area (Å²) >= 11 is 1.18. The molecule has 2 aromatic rings. The highest BCUT2D eigenvalue weighted by molar-refractivity contribution is 7.15. The molecule has 1 fully saturated rings. The predicted octanol–water partition coefficient (Wildman–Crippen LogP) is 2.99. The molecule has 0 radical (unpaired) electrons. The Morgan fingerprint density at radius 2 is 2.36 bits per heavy atom. The maximum absolute atomic E-state index is 14.0. The van der Waals surface area contributed by atoms with E-state index in [1.54, 1.807) is 6.20 Å². The van der Waals surface area contributed by atoms with Gasteiger partial charge in [0.15, 0.2) is 5.13 Å². The number of carbonyl (C=O) groups is 1. The third kappa shape index (κ3) is 4.52. The van der Waals surface area contributed by atoms with Gasteiger partial charge < -0.3 is 10.1 Å². The Kier molecular flexibility index (Phi) is 5.29. The zero-order chi connectivity index (χ0) is 18.0. The van der Waals surface area contributed by atoms with Crippen LogP contribution in [0.25, 0.3) is 0 Å². The number of rotatable bonds is 5. The van der Waals surface area contributed by atoms with E-state index in [2.05, 4.69) is 27.1 Å². The van der Waals surface area contributed by atoms with E-state index in [-0.39, 0.29) is 18.1 Å². The van der Waals surface area contributed by atoms with Crippen LogP contribution in [0.2, 0.25) is 0 Å². The molecule has 0 aliphatic carbocycles. The molecule has 1 amide bonds. The number of aryl methyl sites for hydroxylation is 1. The molecule has 134 valence electrons. The number of carbonyl (C=O) groups excluding carboxylic acids is 1. The lowest BCUT2D eigenvalue weighted by Crippen LogP contribution is -2.28. The van der Waals surface area contributed by atoms with Crippen molar-refractivity contribution in [1.82, 2.24) is 14.9 Å². The lowest BCUT2D eigenvalue weighted by atomic mass is 10.2. The number of thiazole rings is 1. The van der Waals surface area contributed by atoms with Crippen LogP contribution in [-0.4, -0.2) is 39.5 Å². The first-order chi connectivity index (χ1) is 11.9. The van der Waals surface area contributed by atoms with Crippen LogP contribution in [0.4, 0.5) is 9.52 Å². The third-order valence-corrected chi connectivity index (χ3v) is 5.05. The van der Waals surface area contributed by atoms with Crippen LogP contribution in [0, 0.1) is 12.9 Å². The highest BCUT2D eigenvalue weighted by Crippen LogP contribution is 2.28. The van der Waals surface area contributed by atoms with Gasteiger partial charge in [0.05, 0.1) is 4.88 Å². The molecule has 1 aliphatic heterocycles. The SMILES string of the molecule is CC(=O)Nc1nc(F)c(CN2C[C@H](Oc3ccnc(C)c3)C[C@@H]2C)s1. The number of pyridine rings is 1. The van der Waals surface area contributed by atoms with E-state index in [4.69, 9.17) is 4.74 Å². The lowest BCUT2D eigenvalue weighted by molar-refractivity contribution is -0.114. The van der Waals surface area contributed by atoms with Gasteiger partial charge in [0, 0.05) is 50.4 Å². The number of anilines is 1. The van der Waals surface area contributed by atoms with Gasteiger partial charge in [0.1, 0.15) is 11.9 Å². The second-order valence-electron chi connectivity index (χ2n) is 6.30. The molecule has 0 saturated carbocycles. The summed E-state index contributed by atoms with van der Waals surface area (Å²) in [6.45, 7) is 6.59. The quantitative estimate of drug-likeness (QED) is 0.883. The van der Waals surface area contributed by atoms with Gasteiger partial charge in [0.25, 0.3) is 0 Å². The average Bonchev–Trinajstić information content (AvgIpc) is 3.02. The summed E-state index contributed by atoms with van der Waals surface area (Å²) in [5.74, 6) is 0.0366. The fourth-order valence-electron chi connectivity index (χ4n) is 2.96. The average molecular weight is 364 g/mol. The summed E-state index contributed by atoms with van der Waals surface area (Å²) < 4.78 is 20.1. The minimum absolute atomic E-state index is 0.0580. The lowest BCUT2D eigenvalue weighted by Gasteiger charge is -2.19. The second-order valence-corrected chi connectivity index (χ2v) is 7.38. The first-order valence-electron chi connectivity index (χ1n) is 8.17. The van der Waals surface area contributed by atoms with Gasteiger partial charge in [-0.3, -0.25) is 14.7 Å². The summed E-state index contributed by atoms with van der Waals surface area (Å²) in [7, 11) is 0. The Labute approximate surface area is 150 Å². The molecule has 2 aromatic heterocycles. The van der Waals surface area contributed by atoms with Crippen molar-refractivity contribution in [3.63, 3.8) is 0 Å². The van der Waals surface area contributed by atoms with Gasteiger partial charge in [-0.05, 0) is 19.9 Å². The minimum atomic E-state index is -0.518. The van der Waals surface area contributed by atoms with Crippen molar-refractivity contribution in [3.8, 4) is 5.75 Å². The number of nitrogens with zero attached hydrogens (tertiary/aromatic N) is 3. The third-order valence-electron chi connectivity index (χ3n) is 4.12. The zero-order valence-electron chi connectivity index (χ0n) is 14.5. The first kappa shape index (κ1) is 17.8.